The molecule has 0 radical (unpaired) electrons. The lowest BCUT2D eigenvalue weighted by Gasteiger charge is -2.29. The zero-order valence-electron chi connectivity index (χ0n) is 24.7. The number of nitrogens with two attached hydrogens (primary N) is 2. The molecule has 0 amide bonds. The molecule has 1 aliphatic carbocycles. The van der Waals surface area contributed by atoms with Crippen LogP contribution in [0, 0.1) is 11.8 Å². The Morgan fingerprint density at radius 3 is 1.34 bits per heavy atom. The van der Waals surface area contributed by atoms with Crippen LogP contribution in [0.15, 0.2) is 36.4 Å². The molecule has 0 heterocycles. The number of benzene rings is 2. The SMILES string of the molecule is CC(CCN)CCCC(C)(C)c1ccc2c(c1)C(=O)c1cc(C(C)(C)CCCC(C)CCN)ccc1C2=O. The molecule has 2 aromatic rings. The first-order chi connectivity index (χ1) is 17.9. The van der Waals surface area contributed by atoms with Gasteiger partial charge < -0.3 is 11.5 Å². The first-order valence-electron chi connectivity index (χ1n) is 14.7. The van der Waals surface area contributed by atoms with Crippen molar-refractivity contribution in [2.45, 2.75) is 104 Å². The molecule has 1 aliphatic rings. The van der Waals surface area contributed by atoms with E-state index >= 15 is 0 Å². The van der Waals surface area contributed by atoms with Crippen LogP contribution in [0.4, 0.5) is 0 Å². The van der Waals surface area contributed by atoms with Gasteiger partial charge in [-0.1, -0.05) is 79.4 Å². The predicted octanol–water partition coefficient (Wildman–Crippen LogP) is 7.33. The van der Waals surface area contributed by atoms with Crippen molar-refractivity contribution in [2.24, 2.45) is 23.3 Å². The zero-order valence-corrected chi connectivity index (χ0v) is 24.7. The standard InChI is InChI=1S/C34H50N2O2/c1-23(15-19-35)9-7-17-33(3,4)25-11-13-27-29(21-25)32(38)30-22-26(12-14-28(30)31(27)37)34(5,6)18-8-10-24(2)16-20-36/h11-14,21-24H,7-10,15-20,35-36H2,1-6H3. The van der Waals surface area contributed by atoms with E-state index in [9.17, 15) is 9.59 Å². The Hall–Kier alpha value is -2.30. The molecule has 38 heavy (non-hydrogen) atoms. The van der Waals surface area contributed by atoms with Crippen LogP contribution >= 0.6 is 0 Å². The molecular weight excluding hydrogens is 468 g/mol. The summed E-state index contributed by atoms with van der Waals surface area (Å²) in [6.45, 7) is 14.9. The molecule has 0 spiro atoms. The summed E-state index contributed by atoms with van der Waals surface area (Å²) < 4.78 is 0. The Balaban J connectivity index is 1.81. The van der Waals surface area contributed by atoms with Crippen LogP contribution in [-0.2, 0) is 10.8 Å². The quantitative estimate of drug-likeness (QED) is 0.234. The maximum Gasteiger partial charge on any atom is 0.194 e. The Morgan fingerprint density at radius 2 is 0.974 bits per heavy atom. The third-order valence-corrected chi connectivity index (χ3v) is 8.90. The summed E-state index contributed by atoms with van der Waals surface area (Å²) in [6, 6.07) is 11.8. The van der Waals surface area contributed by atoms with Crippen molar-refractivity contribution < 1.29 is 9.59 Å². The second kappa shape index (κ2) is 12.7. The van der Waals surface area contributed by atoms with Gasteiger partial charge in [0.2, 0.25) is 0 Å². The van der Waals surface area contributed by atoms with E-state index < -0.39 is 0 Å². The van der Waals surface area contributed by atoms with Crippen LogP contribution in [-0.4, -0.2) is 24.7 Å². The second-order valence-electron chi connectivity index (χ2n) is 13.1. The third kappa shape index (κ3) is 7.01. The minimum absolute atomic E-state index is 0.0296. The molecule has 0 saturated carbocycles. The van der Waals surface area contributed by atoms with E-state index in [0.717, 1.165) is 75.6 Å². The number of fused-ring (bicyclic) bond motifs is 2. The van der Waals surface area contributed by atoms with Gasteiger partial charge in [-0.2, -0.15) is 0 Å². The molecule has 2 unspecified atom stereocenters. The smallest absolute Gasteiger partial charge is 0.194 e. The molecule has 0 saturated heterocycles. The van der Waals surface area contributed by atoms with Crippen molar-refractivity contribution >= 4 is 11.6 Å². The lowest BCUT2D eigenvalue weighted by atomic mass is 9.74. The monoisotopic (exact) mass is 518 g/mol. The van der Waals surface area contributed by atoms with Crippen molar-refractivity contribution in [3.05, 3.63) is 69.8 Å². The van der Waals surface area contributed by atoms with E-state index in [1.165, 1.54) is 0 Å². The average molecular weight is 519 g/mol. The van der Waals surface area contributed by atoms with Crippen LogP contribution in [0.25, 0.3) is 0 Å². The summed E-state index contributed by atoms with van der Waals surface area (Å²) in [7, 11) is 0. The van der Waals surface area contributed by atoms with E-state index in [-0.39, 0.29) is 22.4 Å². The topological polar surface area (TPSA) is 86.2 Å². The fourth-order valence-corrected chi connectivity index (χ4v) is 5.92. The molecule has 4 N–H and O–H groups in total. The van der Waals surface area contributed by atoms with Crippen molar-refractivity contribution in [1.82, 2.24) is 0 Å². The number of hydrogen-bond donors (Lipinski definition) is 2. The number of carbonyl (C=O) groups is 2. The minimum Gasteiger partial charge on any atom is -0.330 e. The minimum atomic E-state index is -0.0774. The third-order valence-electron chi connectivity index (χ3n) is 8.90. The highest BCUT2D eigenvalue weighted by atomic mass is 16.1. The molecule has 4 heteroatoms. The summed E-state index contributed by atoms with van der Waals surface area (Å²) in [5.41, 5.74) is 15.7. The number of carbonyl (C=O) groups excluding carboxylic acids is 2. The Labute approximate surface area is 231 Å². The molecule has 0 fully saturated rings. The summed E-state index contributed by atoms with van der Waals surface area (Å²) in [4.78, 5) is 27.2. The van der Waals surface area contributed by atoms with Crippen LogP contribution in [0.2, 0.25) is 0 Å². The Morgan fingerprint density at radius 1 is 0.605 bits per heavy atom. The summed E-state index contributed by atoms with van der Waals surface area (Å²) in [5, 5.41) is 0. The van der Waals surface area contributed by atoms with Crippen LogP contribution in [0.3, 0.4) is 0 Å². The number of hydrogen-bond acceptors (Lipinski definition) is 4. The zero-order chi connectivity index (χ0) is 28.1. The molecule has 0 aromatic heterocycles. The Bertz CT molecular complexity index is 1050. The average Bonchev–Trinajstić information content (AvgIpc) is 2.86. The van der Waals surface area contributed by atoms with Gasteiger partial charge in [-0.3, -0.25) is 9.59 Å². The predicted molar refractivity (Wildman–Crippen MR) is 159 cm³/mol. The molecule has 3 rings (SSSR count). The largest absolute Gasteiger partial charge is 0.330 e. The first kappa shape index (κ1) is 30.2. The van der Waals surface area contributed by atoms with Crippen molar-refractivity contribution in [1.29, 1.82) is 0 Å². The van der Waals surface area contributed by atoms with E-state index in [4.69, 9.17) is 11.5 Å². The summed E-state index contributed by atoms with van der Waals surface area (Å²) in [6.07, 6.45) is 8.71. The number of rotatable bonds is 14. The van der Waals surface area contributed by atoms with Gasteiger partial charge in [0.25, 0.3) is 0 Å². The van der Waals surface area contributed by atoms with E-state index in [1.54, 1.807) is 0 Å². The van der Waals surface area contributed by atoms with Crippen LogP contribution < -0.4 is 11.5 Å². The highest BCUT2D eigenvalue weighted by molar-refractivity contribution is 6.28. The van der Waals surface area contributed by atoms with Crippen molar-refractivity contribution in [2.75, 3.05) is 13.1 Å². The molecule has 208 valence electrons. The Kier molecular flexibility index (Phi) is 10.1. The molecule has 0 aliphatic heterocycles. The van der Waals surface area contributed by atoms with Gasteiger partial charge in [-0.25, -0.2) is 0 Å². The molecule has 4 nitrogen and oxygen atoms in total. The molecule has 0 bridgehead atoms. The maximum absolute atomic E-state index is 13.8. The van der Waals surface area contributed by atoms with E-state index in [1.807, 2.05) is 36.4 Å². The lowest BCUT2D eigenvalue weighted by Crippen LogP contribution is -2.25. The molecular formula is C34H50N2O2. The van der Waals surface area contributed by atoms with Gasteiger partial charge in [-0.15, -0.1) is 0 Å². The van der Waals surface area contributed by atoms with Crippen molar-refractivity contribution in [3.8, 4) is 0 Å². The van der Waals surface area contributed by atoms with Crippen LogP contribution in [0.1, 0.15) is 136 Å². The van der Waals surface area contributed by atoms with Gasteiger partial charge >= 0.3 is 0 Å². The highest BCUT2D eigenvalue weighted by Crippen LogP contribution is 2.37. The molecule has 2 atom stereocenters. The second-order valence-corrected chi connectivity index (χ2v) is 13.1. The van der Waals surface area contributed by atoms with Gasteiger partial charge in [0.05, 0.1) is 0 Å². The summed E-state index contributed by atoms with van der Waals surface area (Å²) >= 11 is 0. The van der Waals surface area contributed by atoms with E-state index in [0.29, 0.717) is 34.1 Å². The highest BCUT2D eigenvalue weighted by Gasteiger charge is 2.33. The molecule has 2 aromatic carbocycles. The first-order valence-corrected chi connectivity index (χ1v) is 14.7. The van der Waals surface area contributed by atoms with Crippen molar-refractivity contribution in [3.63, 3.8) is 0 Å². The van der Waals surface area contributed by atoms with Gasteiger partial charge in [0.1, 0.15) is 0 Å². The number of ketones is 2. The van der Waals surface area contributed by atoms with E-state index in [2.05, 4.69) is 41.5 Å². The summed E-state index contributed by atoms with van der Waals surface area (Å²) in [5.74, 6) is 1.18. The van der Waals surface area contributed by atoms with Gasteiger partial charge in [0.15, 0.2) is 11.6 Å². The van der Waals surface area contributed by atoms with Crippen LogP contribution in [0.5, 0.6) is 0 Å². The maximum atomic E-state index is 13.8. The fraction of sp³-hybridized carbons (Fsp3) is 0.588. The van der Waals surface area contributed by atoms with Gasteiger partial charge in [-0.05, 0) is 96.8 Å². The normalized spacial score (nSPS) is 15.3. The van der Waals surface area contributed by atoms with Gasteiger partial charge in [0, 0.05) is 22.3 Å². The fourth-order valence-electron chi connectivity index (χ4n) is 5.92. The lowest BCUT2D eigenvalue weighted by molar-refractivity contribution is 0.0978.